The number of aliphatic hydroxyl groups excluding tert-OH is 3. The fourth-order valence-electron chi connectivity index (χ4n) is 4.02. The summed E-state index contributed by atoms with van der Waals surface area (Å²) in [7, 11) is 0. The maximum Gasteiger partial charge on any atom is 0.416 e. The first-order valence-electron chi connectivity index (χ1n) is 11.8. The van der Waals surface area contributed by atoms with Gasteiger partial charge in [0, 0.05) is 18.8 Å². The zero-order valence-corrected chi connectivity index (χ0v) is 20.0. The number of carbonyl (C=O) groups is 1. The lowest BCUT2D eigenvalue weighted by Gasteiger charge is -2.19. The van der Waals surface area contributed by atoms with Crippen LogP contribution in [0.4, 0.5) is 13.2 Å². The van der Waals surface area contributed by atoms with Crippen molar-refractivity contribution in [2.45, 2.75) is 76.5 Å². The van der Waals surface area contributed by atoms with E-state index in [1.165, 1.54) is 18.2 Å². The van der Waals surface area contributed by atoms with Crippen molar-refractivity contribution in [2.24, 2.45) is 11.8 Å². The molecule has 1 aromatic carbocycles. The van der Waals surface area contributed by atoms with Crippen LogP contribution >= 0.6 is 0 Å². The lowest BCUT2D eigenvalue weighted by molar-refractivity contribution is -0.147. The fraction of sp³-hybridized carbons (Fsp3) is 0.577. The molecule has 0 radical (unpaired) electrons. The molecule has 6 nitrogen and oxygen atoms in total. The van der Waals surface area contributed by atoms with Crippen molar-refractivity contribution in [1.29, 1.82) is 0 Å². The summed E-state index contributed by atoms with van der Waals surface area (Å²) < 4.78 is 48.8. The van der Waals surface area contributed by atoms with Gasteiger partial charge < -0.3 is 24.8 Å². The van der Waals surface area contributed by atoms with Gasteiger partial charge in [-0.15, -0.1) is 0 Å². The van der Waals surface area contributed by atoms with Crippen molar-refractivity contribution in [1.82, 2.24) is 0 Å². The van der Waals surface area contributed by atoms with Crippen LogP contribution < -0.4 is 4.74 Å². The van der Waals surface area contributed by atoms with Crippen molar-refractivity contribution in [2.75, 3.05) is 6.61 Å². The number of benzene rings is 1. The second-order valence-corrected chi connectivity index (χ2v) is 9.04. The first-order chi connectivity index (χ1) is 16.5. The first kappa shape index (κ1) is 28.9. The van der Waals surface area contributed by atoms with Crippen LogP contribution in [0.15, 0.2) is 48.6 Å². The van der Waals surface area contributed by atoms with Crippen molar-refractivity contribution >= 4 is 5.97 Å². The Morgan fingerprint density at radius 1 is 1.20 bits per heavy atom. The number of aliphatic hydroxyl groups is 3. The number of ether oxygens (including phenoxy) is 2. The molecule has 0 unspecified atom stereocenters. The number of unbranched alkanes of at least 4 members (excludes halogenated alkanes) is 1. The number of hydrogen-bond acceptors (Lipinski definition) is 6. The van der Waals surface area contributed by atoms with Crippen LogP contribution in [-0.2, 0) is 15.7 Å². The third-order valence-corrected chi connectivity index (χ3v) is 5.75. The quantitative estimate of drug-likeness (QED) is 0.223. The van der Waals surface area contributed by atoms with Crippen molar-refractivity contribution in [3.63, 3.8) is 0 Å². The molecule has 1 aliphatic rings. The van der Waals surface area contributed by atoms with E-state index in [0.29, 0.717) is 25.7 Å². The second-order valence-electron chi connectivity index (χ2n) is 9.04. The Hall–Kier alpha value is -2.36. The van der Waals surface area contributed by atoms with Gasteiger partial charge in [0.2, 0.25) is 0 Å². The monoisotopic (exact) mass is 500 g/mol. The number of alkyl halides is 3. The Bertz CT molecular complexity index is 852. The lowest BCUT2D eigenvalue weighted by Crippen LogP contribution is -2.21. The number of carbonyl (C=O) groups excluding carboxylic acids is 1. The number of rotatable bonds is 12. The molecule has 0 aromatic heterocycles. The zero-order chi connectivity index (χ0) is 26.0. The minimum atomic E-state index is -4.49. The average Bonchev–Trinajstić information content (AvgIpc) is 3.04. The van der Waals surface area contributed by atoms with Gasteiger partial charge in [-0.05, 0) is 57.2 Å². The maximum absolute atomic E-state index is 12.8. The highest BCUT2D eigenvalue weighted by Crippen LogP contribution is 2.36. The first-order valence-corrected chi connectivity index (χ1v) is 11.8. The third kappa shape index (κ3) is 10.0. The third-order valence-electron chi connectivity index (χ3n) is 5.75. The Balaban J connectivity index is 1.82. The Kier molecular flexibility index (Phi) is 11.3. The smallest absolute Gasteiger partial charge is 0.416 e. The molecule has 35 heavy (non-hydrogen) atoms. The summed E-state index contributed by atoms with van der Waals surface area (Å²) >= 11 is 0. The molecular formula is C26H35F3O6. The van der Waals surface area contributed by atoms with Gasteiger partial charge in [-0.25, -0.2) is 0 Å². The van der Waals surface area contributed by atoms with E-state index in [0.717, 1.165) is 12.1 Å². The van der Waals surface area contributed by atoms with Gasteiger partial charge in [-0.3, -0.25) is 4.79 Å². The molecule has 1 aromatic rings. The lowest BCUT2D eigenvalue weighted by atomic mass is 9.89. The summed E-state index contributed by atoms with van der Waals surface area (Å²) in [6.45, 7) is 3.34. The average molecular weight is 501 g/mol. The van der Waals surface area contributed by atoms with E-state index in [1.54, 1.807) is 19.9 Å². The summed E-state index contributed by atoms with van der Waals surface area (Å²) in [5.41, 5.74) is -0.838. The molecule has 5 atom stereocenters. The highest BCUT2D eigenvalue weighted by atomic mass is 19.4. The molecule has 2 rings (SSSR count). The largest absolute Gasteiger partial charge is 0.491 e. The standard InChI is InChI=1S/C26H35F3O6/c1-17(2)35-25(33)11-6-4-3-5-10-21-22(24(32)15-23(21)31)13-12-19(30)16-34-20-9-7-8-18(14-20)26(27,28)29/h3,5,7-9,12-14,17,19,21-24,30-32H,4,6,10-11,15-16H2,1-2H3/t19-,21-,22+,23+,24-/m1/s1. The SMILES string of the molecule is CC(C)OC(=O)CCCC=CC[C@@H]1[C@H](C=C[C@@H](O)COc2cccc(C(F)(F)F)c2)[C@H](O)C[C@@H]1O. The minimum absolute atomic E-state index is 0.0101. The molecule has 0 heterocycles. The van der Waals surface area contributed by atoms with Gasteiger partial charge in [0.15, 0.2) is 0 Å². The fourth-order valence-corrected chi connectivity index (χ4v) is 4.02. The Labute approximate surface area is 204 Å². The highest BCUT2D eigenvalue weighted by molar-refractivity contribution is 5.69. The molecule has 1 saturated carbocycles. The summed E-state index contributed by atoms with van der Waals surface area (Å²) in [5.74, 6) is -0.883. The van der Waals surface area contributed by atoms with Crippen LogP contribution in [0.25, 0.3) is 0 Å². The summed E-state index contributed by atoms with van der Waals surface area (Å²) in [4.78, 5) is 11.5. The van der Waals surface area contributed by atoms with Crippen molar-refractivity contribution < 1.29 is 42.8 Å². The van der Waals surface area contributed by atoms with Gasteiger partial charge >= 0.3 is 12.1 Å². The van der Waals surface area contributed by atoms with Gasteiger partial charge in [0.25, 0.3) is 0 Å². The summed E-state index contributed by atoms with van der Waals surface area (Å²) in [6.07, 6.45) is 2.09. The maximum atomic E-state index is 12.8. The van der Waals surface area contributed by atoms with Gasteiger partial charge in [0.05, 0.1) is 23.9 Å². The van der Waals surface area contributed by atoms with Crippen LogP contribution in [-0.4, -0.2) is 52.3 Å². The predicted octanol–water partition coefficient (Wildman–Crippen LogP) is 4.43. The van der Waals surface area contributed by atoms with Crippen LogP contribution in [0.5, 0.6) is 5.75 Å². The van der Waals surface area contributed by atoms with Crippen LogP contribution in [0, 0.1) is 11.8 Å². The number of esters is 1. The molecule has 1 fully saturated rings. The molecule has 196 valence electrons. The summed E-state index contributed by atoms with van der Waals surface area (Å²) in [6, 6.07) is 4.40. The molecule has 0 aliphatic heterocycles. The van der Waals surface area contributed by atoms with Gasteiger partial charge in [-0.1, -0.05) is 30.4 Å². The molecule has 3 N–H and O–H groups in total. The normalized spacial score (nSPS) is 23.9. The number of hydrogen-bond donors (Lipinski definition) is 3. The van der Waals surface area contributed by atoms with E-state index in [-0.39, 0.29) is 42.7 Å². The molecule has 0 spiro atoms. The predicted molar refractivity (Wildman–Crippen MR) is 125 cm³/mol. The molecular weight excluding hydrogens is 465 g/mol. The van der Waals surface area contributed by atoms with E-state index in [1.807, 2.05) is 12.2 Å². The van der Waals surface area contributed by atoms with E-state index in [2.05, 4.69) is 0 Å². The zero-order valence-electron chi connectivity index (χ0n) is 20.0. The minimum Gasteiger partial charge on any atom is -0.491 e. The van der Waals surface area contributed by atoms with E-state index < -0.39 is 30.1 Å². The van der Waals surface area contributed by atoms with Crippen molar-refractivity contribution in [3.05, 3.63) is 54.1 Å². The second kappa shape index (κ2) is 13.7. The Morgan fingerprint density at radius 2 is 1.94 bits per heavy atom. The van der Waals surface area contributed by atoms with Crippen LogP contribution in [0.1, 0.15) is 51.5 Å². The topological polar surface area (TPSA) is 96.2 Å². The number of halogens is 3. The van der Waals surface area contributed by atoms with Gasteiger partial charge in [0.1, 0.15) is 18.5 Å². The molecule has 0 bridgehead atoms. The van der Waals surface area contributed by atoms with E-state index in [9.17, 15) is 33.3 Å². The number of allylic oxidation sites excluding steroid dienone is 2. The highest BCUT2D eigenvalue weighted by Gasteiger charge is 2.39. The molecule has 1 aliphatic carbocycles. The van der Waals surface area contributed by atoms with Crippen LogP contribution in [0.2, 0.25) is 0 Å². The van der Waals surface area contributed by atoms with Crippen LogP contribution in [0.3, 0.4) is 0 Å². The Morgan fingerprint density at radius 3 is 2.63 bits per heavy atom. The van der Waals surface area contributed by atoms with Crippen molar-refractivity contribution in [3.8, 4) is 5.75 Å². The molecule has 9 heteroatoms. The summed E-state index contributed by atoms with van der Waals surface area (Å²) in [5, 5.41) is 30.8. The van der Waals surface area contributed by atoms with E-state index >= 15 is 0 Å². The van der Waals surface area contributed by atoms with Gasteiger partial charge in [-0.2, -0.15) is 13.2 Å². The molecule has 0 saturated heterocycles. The van der Waals surface area contributed by atoms with E-state index in [4.69, 9.17) is 9.47 Å². The molecule has 0 amide bonds.